The molecule has 4 rings (SSSR count). The lowest BCUT2D eigenvalue weighted by Crippen LogP contribution is -2.45. The Morgan fingerprint density at radius 3 is 2.44 bits per heavy atom. The molecule has 0 atom stereocenters. The number of nitrogens with one attached hydrogen (secondary N) is 1. The second-order valence-electron chi connectivity index (χ2n) is 7.12. The number of benzene rings is 3. The minimum Gasteiger partial charge on any atom is -0.489 e. The van der Waals surface area contributed by atoms with Crippen LogP contribution in [0, 0.1) is 6.92 Å². The van der Waals surface area contributed by atoms with Gasteiger partial charge in [-0.3, -0.25) is 15.0 Å². The van der Waals surface area contributed by atoms with E-state index in [1.165, 1.54) is 0 Å². The summed E-state index contributed by atoms with van der Waals surface area (Å²) in [6.45, 7) is 2.33. The first-order valence-electron chi connectivity index (χ1n) is 9.92. The minimum absolute atomic E-state index is 0.283. The average molecular weight is 461 g/mol. The van der Waals surface area contributed by atoms with Gasteiger partial charge in [0.05, 0.1) is 4.91 Å². The number of hydrogen-bond acceptors (Lipinski definition) is 5. The molecule has 5 nitrogen and oxygen atoms in total. The van der Waals surface area contributed by atoms with Gasteiger partial charge in [-0.05, 0) is 60.1 Å². The van der Waals surface area contributed by atoms with Gasteiger partial charge in [0.25, 0.3) is 11.8 Å². The Balaban J connectivity index is 1.41. The van der Waals surface area contributed by atoms with Crippen molar-refractivity contribution in [3.8, 4) is 5.75 Å². The van der Waals surface area contributed by atoms with Crippen LogP contribution in [0.5, 0.6) is 5.75 Å². The number of nitrogens with zero attached hydrogens (tertiary/aromatic N) is 1. The van der Waals surface area contributed by atoms with Gasteiger partial charge >= 0.3 is 0 Å². The van der Waals surface area contributed by atoms with Crippen molar-refractivity contribution in [3.63, 3.8) is 0 Å². The largest absolute Gasteiger partial charge is 0.489 e. The van der Waals surface area contributed by atoms with Gasteiger partial charge in [-0.25, -0.2) is 0 Å². The molecular weight excluding hydrogens is 440 g/mol. The van der Waals surface area contributed by atoms with E-state index in [-0.39, 0.29) is 16.1 Å². The molecule has 7 heteroatoms. The Hall–Kier alpha value is -3.42. The second-order valence-corrected chi connectivity index (χ2v) is 8.79. The van der Waals surface area contributed by atoms with E-state index in [1.807, 2.05) is 73.7 Å². The summed E-state index contributed by atoms with van der Waals surface area (Å²) in [7, 11) is 0. The third kappa shape index (κ3) is 5.07. The van der Waals surface area contributed by atoms with Crippen LogP contribution in [0.2, 0.25) is 0 Å². The highest BCUT2D eigenvalue weighted by Crippen LogP contribution is 2.32. The molecule has 0 unspecified atom stereocenters. The maximum Gasteiger partial charge on any atom is 0.285 e. The molecule has 0 saturated carbocycles. The standard InChI is InChI=1S/C25H20N2O3S2/c1-17-7-5-6-10-21(17)23(28)26-27-24(29)22(32-25(27)31)15-18-11-13-20(14-12-18)30-16-19-8-3-2-4-9-19/h2-15H,16H2,1H3,(H,26,28)/b22-15-. The Morgan fingerprint density at radius 2 is 1.72 bits per heavy atom. The van der Waals surface area contributed by atoms with Gasteiger partial charge in [0, 0.05) is 5.56 Å². The lowest BCUT2D eigenvalue weighted by molar-refractivity contribution is -0.123. The molecule has 2 amide bonds. The molecule has 1 N–H and O–H groups in total. The quantitative estimate of drug-likeness (QED) is 0.409. The van der Waals surface area contributed by atoms with Crippen molar-refractivity contribution in [2.75, 3.05) is 0 Å². The molecule has 1 saturated heterocycles. The topological polar surface area (TPSA) is 58.6 Å². The number of thioether (sulfide) groups is 1. The van der Waals surface area contributed by atoms with Crippen molar-refractivity contribution in [1.82, 2.24) is 10.4 Å². The van der Waals surface area contributed by atoms with Gasteiger partial charge in [-0.1, -0.05) is 72.4 Å². The highest BCUT2D eigenvalue weighted by atomic mass is 32.2. The van der Waals surface area contributed by atoms with Crippen LogP contribution >= 0.6 is 24.0 Å². The molecule has 1 fully saturated rings. The highest BCUT2D eigenvalue weighted by Gasteiger charge is 2.33. The first-order chi connectivity index (χ1) is 15.5. The van der Waals surface area contributed by atoms with Gasteiger partial charge in [0.1, 0.15) is 12.4 Å². The van der Waals surface area contributed by atoms with Gasteiger partial charge in [0.2, 0.25) is 0 Å². The molecule has 0 aliphatic carbocycles. The van der Waals surface area contributed by atoms with Gasteiger partial charge in [0.15, 0.2) is 4.32 Å². The zero-order valence-electron chi connectivity index (χ0n) is 17.3. The fraction of sp³-hybridized carbons (Fsp3) is 0.0800. The van der Waals surface area contributed by atoms with Crippen LogP contribution in [0.4, 0.5) is 0 Å². The SMILES string of the molecule is Cc1ccccc1C(=O)NN1C(=O)/C(=C/c2ccc(OCc3ccccc3)cc2)SC1=S. The first-order valence-corrected chi connectivity index (χ1v) is 11.1. The summed E-state index contributed by atoms with van der Waals surface area (Å²) in [5.41, 5.74) is 5.86. The zero-order valence-corrected chi connectivity index (χ0v) is 18.9. The summed E-state index contributed by atoms with van der Waals surface area (Å²) in [6, 6.07) is 24.6. The van der Waals surface area contributed by atoms with E-state index in [2.05, 4.69) is 5.43 Å². The number of amides is 2. The normalized spacial score (nSPS) is 14.7. The number of thiocarbonyl (C=S) groups is 1. The first kappa shape index (κ1) is 21.8. The van der Waals surface area contributed by atoms with Crippen molar-refractivity contribution >= 4 is 46.2 Å². The van der Waals surface area contributed by atoms with Crippen molar-refractivity contribution in [2.45, 2.75) is 13.5 Å². The van der Waals surface area contributed by atoms with E-state index in [9.17, 15) is 9.59 Å². The van der Waals surface area contributed by atoms with Gasteiger partial charge < -0.3 is 4.74 Å². The maximum atomic E-state index is 12.8. The van der Waals surface area contributed by atoms with Gasteiger partial charge in [-0.15, -0.1) is 0 Å². The third-order valence-electron chi connectivity index (χ3n) is 4.82. The molecule has 3 aromatic rings. The molecule has 1 heterocycles. The molecular formula is C25H20N2O3S2. The lowest BCUT2D eigenvalue weighted by Gasteiger charge is -2.16. The Bertz CT molecular complexity index is 1190. The molecule has 0 aromatic heterocycles. The fourth-order valence-electron chi connectivity index (χ4n) is 3.11. The number of ether oxygens (including phenoxy) is 1. The van der Waals surface area contributed by atoms with Crippen molar-refractivity contribution < 1.29 is 14.3 Å². The van der Waals surface area contributed by atoms with E-state index in [1.54, 1.807) is 18.2 Å². The number of aryl methyl sites for hydroxylation is 1. The molecule has 0 radical (unpaired) electrons. The summed E-state index contributed by atoms with van der Waals surface area (Å²) >= 11 is 6.46. The van der Waals surface area contributed by atoms with Crippen LogP contribution in [-0.2, 0) is 11.4 Å². The van der Waals surface area contributed by atoms with E-state index < -0.39 is 0 Å². The molecule has 32 heavy (non-hydrogen) atoms. The summed E-state index contributed by atoms with van der Waals surface area (Å²) < 4.78 is 6.08. The fourth-order valence-corrected chi connectivity index (χ4v) is 4.29. The molecule has 1 aliphatic heterocycles. The number of hydrogen-bond donors (Lipinski definition) is 1. The number of carbonyl (C=O) groups excluding carboxylic acids is 2. The van der Waals surface area contributed by atoms with Crippen LogP contribution in [-0.4, -0.2) is 21.1 Å². The Kier molecular flexibility index (Phi) is 6.68. The highest BCUT2D eigenvalue weighted by molar-refractivity contribution is 8.26. The van der Waals surface area contributed by atoms with Crippen LogP contribution in [0.15, 0.2) is 83.8 Å². The van der Waals surface area contributed by atoms with E-state index >= 15 is 0 Å². The zero-order chi connectivity index (χ0) is 22.5. The Labute approximate surface area is 196 Å². The van der Waals surface area contributed by atoms with E-state index in [0.29, 0.717) is 17.1 Å². The third-order valence-corrected chi connectivity index (χ3v) is 6.13. The summed E-state index contributed by atoms with van der Waals surface area (Å²) in [5, 5.41) is 1.12. The minimum atomic E-state index is -0.374. The van der Waals surface area contributed by atoms with Crippen LogP contribution in [0.3, 0.4) is 0 Å². The molecule has 160 valence electrons. The second kappa shape index (κ2) is 9.80. The predicted molar refractivity (Wildman–Crippen MR) is 131 cm³/mol. The maximum absolute atomic E-state index is 12.8. The molecule has 1 aliphatic rings. The predicted octanol–water partition coefficient (Wildman–Crippen LogP) is 5.12. The monoisotopic (exact) mass is 460 g/mol. The van der Waals surface area contributed by atoms with Crippen LogP contribution < -0.4 is 10.2 Å². The Morgan fingerprint density at radius 1 is 1.03 bits per heavy atom. The van der Waals surface area contributed by atoms with Crippen molar-refractivity contribution in [3.05, 3.63) is 106 Å². The summed E-state index contributed by atoms with van der Waals surface area (Å²) in [4.78, 5) is 25.8. The van der Waals surface area contributed by atoms with Crippen LogP contribution in [0.1, 0.15) is 27.0 Å². The van der Waals surface area contributed by atoms with Crippen molar-refractivity contribution in [1.29, 1.82) is 0 Å². The van der Waals surface area contributed by atoms with E-state index in [0.717, 1.165) is 39.2 Å². The molecule has 0 bridgehead atoms. The lowest BCUT2D eigenvalue weighted by atomic mass is 10.1. The average Bonchev–Trinajstić information content (AvgIpc) is 3.07. The van der Waals surface area contributed by atoms with Gasteiger partial charge in [-0.2, -0.15) is 5.01 Å². The number of hydrazine groups is 1. The summed E-state index contributed by atoms with van der Waals surface area (Å²) in [6.07, 6.45) is 1.75. The van der Waals surface area contributed by atoms with Crippen molar-refractivity contribution in [2.24, 2.45) is 0 Å². The van der Waals surface area contributed by atoms with E-state index in [4.69, 9.17) is 17.0 Å². The number of carbonyl (C=O) groups is 2. The van der Waals surface area contributed by atoms with Crippen LogP contribution in [0.25, 0.3) is 6.08 Å². The summed E-state index contributed by atoms with van der Waals surface area (Å²) in [5.74, 6) is 0.0101. The molecule has 3 aromatic carbocycles. The number of rotatable bonds is 6. The molecule has 0 spiro atoms. The smallest absolute Gasteiger partial charge is 0.285 e.